The van der Waals surface area contributed by atoms with Gasteiger partial charge in [-0.25, -0.2) is 0 Å². The van der Waals surface area contributed by atoms with E-state index in [1.165, 1.54) is 6.07 Å². The number of amides is 2. The average molecular weight is 404 g/mol. The number of nitrogens with zero attached hydrogens (tertiary/aromatic N) is 1. The van der Waals surface area contributed by atoms with Crippen molar-refractivity contribution in [3.05, 3.63) is 23.2 Å². The Balaban J connectivity index is 1.71. The van der Waals surface area contributed by atoms with Crippen molar-refractivity contribution in [2.75, 3.05) is 29.9 Å². The van der Waals surface area contributed by atoms with E-state index in [1.807, 2.05) is 4.90 Å². The summed E-state index contributed by atoms with van der Waals surface area (Å²) in [7, 11) is 0. The van der Waals surface area contributed by atoms with Crippen LogP contribution in [0, 0.1) is 11.8 Å². The van der Waals surface area contributed by atoms with Gasteiger partial charge in [0.25, 0.3) is 0 Å². The highest BCUT2D eigenvalue weighted by Gasteiger charge is 2.48. The summed E-state index contributed by atoms with van der Waals surface area (Å²) in [6.07, 6.45) is -3.07. The van der Waals surface area contributed by atoms with Crippen LogP contribution in [0.25, 0.3) is 0 Å². The summed E-state index contributed by atoms with van der Waals surface area (Å²) in [4.78, 5) is 25.8. The second-order valence-electron chi connectivity index (χ2n) is 6.97. The Morgan fingerprint density at radius 3 is 2.67 bits per heavy atom. The maximum atomic E-state index is 13.2. The van der Waals surface area contributed by atoms with Gasteiger partial charge in [0.05, 0.1) is 23.2 Å². The predicted molar refractivity (Wildman–Crippen MR) is 96.8 cm³/mol. The minimum absolute atomic E-state index is 0.0156. The minimum Gasteiger partial charge on any atom is -0.359 e. The summed E-state index contributed by atoms with van der Waals surface area (Å²) < 4.78 is 39.6. The zero-order valence-corrected chi connectivity index (χ0v) is 15.4. The van der Waals surface area contributed by atoms with Crippen molar-refractivity contribution in [2.24, 2.45) is 11.8 Å². The minimum atomic E-state index is -4.38. The molecule has 1 saturated heterocycles. The van der Waals surface area contributed by atoms with Crippen molar-refractivity contribution in [1.29, 1.82) is 0 Å². The molecule has 0 aromatic heterocycles. The Kier molecular flexibility index (Phi) is 5.83. The quantitative estimate of drug-likeness (QED) is 0.810. The van der Waals surface area contributed by atoms with E-state index in [1.54, 1.807) is 12.1 Å². The Labute approximate surface area is 160 Å². The van der Waals surface area contributed by atoms with E-state index >= 15 is 0 Å². The van der Waals surface area contributed by atoms with Gasteiger partial charge in [-0.3, -0.25) is 9.59 Å². The molecule has 0 bridgehead atoms. The Morgan fingerprint density at radius 2 is 2.00 bits per heavy atom. The van der Waals surface area contributed by atoms with Crippen molar-refractivity contribution in [1.82, 2.24) is 5.32 Å². The molecule has 0 spiro atoms. The molecule has 2 aliphatic rings. The Hall–Kier alpha value is -1.96. The highest BCUT2D eigenvalue weighted by atomic mass is 35.5. The molecule has 1 aliphatic heterocycles. The number of benzene rings is 1. The fraction of sp³-hybridized carbons (Fsp3) is 0.556. The fourth-order valence-corrected chi connectivity index (χ4v) is 4.06. The highest BCUT2D eigenvalue weighted by Crippen LogP contribution is 2.42. The van der Waals surface area contributed by atoms with Gasteiger partial charge in [0.2, 0.25) is 11.8 Å². The van der Waals surface area contributed by atoms with Gasteiger partial charge < -0.3 is 15.5 Å². The molecule has 2 atom stereocenters. The maximum Gasteiger partial charge on any atom is 0.392 e. The second-order valence-corrected chi connectivity index (χ2v) is 7.37. The lowest BCUT2D eigenvalue weighted by atomic mass is 9.78. The molecule has 0 radical (unpaired) electrons. The third-order valence-electron chi connectivity index (χ3n) is 5.12. The van der Waals surface area contributed by atoms with Gasteiger partial charge in [-0.05, 0) is 31.0 Å². The summed E-state index contributed by atoms with van der Waals surface area (Å²) in [5.41, 5.74) is 0.997. The number of hydrogen-bond acceptors (Lipinski definition) is 3. The van der Waals surface area contributed by atoms with Crippen LogP contribution in [0.1, 0.15) is 25.7 Å². The van der Waals surface area contributed by atoms with Crippen LogP contribution in [-0.4, -0.2) is 37.6 Å². The molecule has 2 fully saturated rings. The fourth-order valence-electron chi connectivity index (χ4n) is 3.76. The van der Waals surface area contributed by atoms with Gasteiger partial charge in [0, 0.05) is 24.7 Å². The predicted octanol–water partition coefficient (Wildman–Crippen LogP) is 3.58. The number of nitrogens with one attached hydrogen (secondary N) is 2. The summed E-state index contributed by atoms with van der Waals surface area (Å²) in [5, 5.41) is 5.62. The van der Waals surface area contributed by atoms with Crippen LogP contribution in [0.4, 0.5) is 24.5 Å². The zero-order chi connectivity index (χ0) is 19.6. The number of rotatable bonds is 3. The van der Waals surface area contributed by atoms with E-state index in [-0.39, 0.29) is 25.3 Å². The molecule has 1 heterocycles. The van der Waals surface area contributed by atoms with Crippen LogP contribution in [-0.2, 0) is 9.59 Å². The van der Waals surface area contributed by atoms with Gasteiger partial charge in [-0.15, -0.1) is 0 Å². The molecule has 2 unspecified atom stereocenters. The standard InChI is InChI=1S/C18H21ClF3N3O2/c19-14-9-11(5-6-15(14)25-8-7-23-16(26)10-25)24-17(27)12-3-1-2-4-13(12)18(20,21)22/h5-6,9,12-13H,1-4,7-8,10H2,(H,23,26)(H,24,27). The van der Waals surface area contributed by atoms with E-state index in [2.05, 4.69) is 10.6 Å². The van der Waals surface area contributed by atoms with Crippen LogP contribution in [0.2, 0.25) is 5.02 Å². The van der Waals surface area contributed by atoms with E-state index in [4.69, 9.17) is 11.6 Å². The van der Waals surface area contributed by atoms with Gasteiger partial charge >= 0.3 is 6.18 Å². The van der Waals surface area contributed by atoms with Crippen LogP contribution in [0.15, 0.2) is 18.2 Å². The number of hydrogen-bond donors (Lipinski definition) is 2. The monoisotopic (exact) mass is 403 g/mol. The van der Waals surface area contributed by atoms with E-state index in [0.717, 1.165) is 0 Å². The molecule has 9 heteroatoms. The van der Waals surface area contributed by atoms with Crippen molar-refractivity contribution < 1.29 is 22.8 Å². The summed E-state index contributed by atoms with van der Waals surface area (Å²) >= 11 is 6.28. The van der Waals surface area contributed by atoms with Gasteiger partial charge in [0.15, 0.2) is 0 Å². The Bertz CT molecular complexity index is 726. The highest BCUT2D eigenvalue weighted by molar-refractivity contribution is 6.33. The molecule has 2 N–H and O–H groups in total. The van der Waals surface area contributed by atoms with Crippen LogP contribution < -0.4 is 15.5 Å². The summed E-state index contributed by atoms with van der Waals surface area (Å²) in [6, 6.07) is 4.77. The molecule has 148 valence electrons. The third-order valence-corrected chi connectivity index (χ3v) is 5.42. The van der Waals surface area contributed by atoms with Crippen LogP contribution in [0.3, 0.4) is 0 Å². The first kappa shape index (κ1) is 19.8. The molecule has 1 aliphatic carbocycles. The lowest BCUT2D eigenvalue weighted by molar-refractivity contribution is -0.197. The third kappa shape index (κ3) is 4.66. The number of piperazine rings is 1. The molecule has 5 nitrogen and oxygen atoms in total. The van der Waals surface area contributed by atoms with Crippen molar-refractivity contribution in [3.8, 4) is 0 Å². The first-order chi connectivity index (χ1) is 12.8. The van der Waals surface area contributed by atoms with E-state index in [0.29, 0.717) is 42.3 Å². The average Bonchev–Trinajstić information content (AvgIpc) is 2.61. The van der Waals surface area contributed by atoms with Gasteiger partial charge in [-0.2, -0.15) is 13.2 Å². The lowest BCUT2D eigenvalue weighted by Crippen LogP contribution is -2.47. The molecular weight excluding hydrogens is 383 g/mol. The number of carbonyl (C=O) groups is 2. The van der Waals surface area contributed by atoms with Crippen LogP contribution >= 0.6 is 11.6 Å². The number of halogens is 4. The number of alkyl halides is 3. The number of carbonyl (C=O) groups excluding carboxylic acids is 2. The normalized spacial score (nSPS) is 23.7. The number of anilines is 2. The summed E-state index contributed by atoms with van der Waals surface area (Å²) in [5.74, 6) is -3.42. The van der Waals surface area contributed by atoms with Crippen LogP contribution in [0.5, 0.6) is 0 Å². The van der Waals surface area contributed by atoms with Crippen molar-refractivity contribution >= 4 is 34.8 Å². The molecular formula is C18H21ClF3N3O2. The van der Waals surface area contributed by atoms with Crippen molar-refractivity contribution in [2.45, 2.75) is 31.9 Å². The molecule has 1 saturated carbocycles. The molecule has 2 amide bonds. The smallest absolute Gasteiger partial charge is 0.359 e. The lowest BCUT2D eigenvalue weighted by Gasteiger charge is -2.32. The molecule has 1 aromatic carbocycles. The zero-order valence-electron chi connectivity index (χ0n) is 14.6. The Morgan fingerprint density at radius 1 is 1.26 bits per heavy atom. The van der Waals surface area contributed by atoms with E-state index < -0.39 is 23.9 Å². The first-order valence-corrected chi connectivity index (χ1v) is 9.32. The maximum absolute atomic E-state index is 13.2. The topological polar surface area (TPSA) is 61.4 Å². The SMILES string of the molecule is O=C1CN(c2ccc(NC(=O)C3CCCCC3C(F)(F)F)cc2Cl)CCN1. The van der Waals surface area contributed by atoms with E-state index in [9.17, 15) is 22.8 Å². The first-order valence-electron chi connectivity index (χ1n) is 8.94. The molecule has 1 aromatic rings. The van der Waals surface area contributed by atoms with Gasteiger partial charge in [0.1, 0.15) is 0 Å². The van der Waals surface area contributed by atoms with Gasteiger partial charge in [-0.1, -0.05) is 24.4 Å². The second kappa shape index (κ2) is 7.96. The largest absolute Gasteiger partial charge is 0.392 e. The molecule has 27 heavy (non-hydrogen) atoms. The molecule has 3 rings (SSSR count). The summed E-state index contributed by atoms with van der Waals surface area (Å²) in [6.45, 7) is 1.29. The van der Waals surface area contributed by atoms with Crippen molar-refractivity contribution in [3.63, 3.8) is 0 Å².